The van der Waals surface area contributed by atoms with E-state index in [-0.39, 0.29) is 5.82 Å². The van der Waals surface area contributed by atoms with Gasteiger partial charge in [0.2, 0.25) is 0 Å². The molecule has 1 aliphatic carbocycles. The third-order valence-electron chi connectivity index (χ3n) is 3.05. The molecule has 0 spiro atoms. The summed E-state index contributed by atoms with van der Waals surface area (Å²) < 4.78 is 13.3. The highest BCUT2D eigenvalue weighted by Crippen LogP contribution is 2.28. The van der Waals surface area contributed by atoms with Crippen molar-refractivity contribution in [2.45, 2.75) is 38.8 Å². The van der Waals surface area contributed by atoms with Crippen molar-refractivity contribution in [3.63, 3.8) is 0 Å². The molecule has 17 heavy (non-hydrogen) atoms. The van der Waals surface area contributed by atoms with E-state index in [0.29, 0.717) is 11.6 Å². The fourth-order valence-electron chi connectivity index (χ4n) is 2.16. The highest BCUT2D eigenvalue weighted by molar-refractivity contribution is 5.33. The molecule has 0 aliphatic heterocycles. The van der Waals surface area contributed by atoms with Crippen LogP contribution in [0.5, 0.6) is 0 Å². The molecule has 90 valence electrons. The second-order valence-electron chi connectivity index (χ2n) is 4.66. The summed E-state index contributed by atoms with van der Waals surface area (Å²) in [5.74, 6) is -0.314. The molecule has 1 aliphatic rings. The third kappa shape index (κ3) is 3.28. The molecule has 2 rings (SSSR count). The number of nitrogens with zero attached hydrogens (tertiary/aromatic N) is 2. The molecule has 0 amide bonds. The standard InChI is InChI=1S/C14H17FN2/c1-2-5-17(14-3-4-14)10-12-6-11(9-16)7-13(15)8-12/h6-8,14H,2-5,10H2,1H3. The lowest BCUT2D eigenvalue weighted by atomic mass is 10.1. The maximum absolute atomic E-state index is 13.3. The monoisotopic (exact) mass is 232 g/mol. The Bertz CT molecular complexity index is 432. The molecular weight excluding hydrogens is 215 g/mol. The van der Waals surface area contributed by atoms with Gasteiger partial charge in [0.15, 0.2) is 0 Å². The minimum Gasteiger partial charge on any atom is -0.296 e. The maximum Gasteiger partial charge on any atom is 0.124 e. The van der Waals surface area contributed by atoms with Crippen molar-refractivity contribution in [2.24, 2.45) is 0 Å². The van der Waals surface area contributed by atoms with Gasteiger partial charge < -0.3 is 0 Å². The summed E-state index contributed by atoms with van der Waals surface area (Å²) in [6, 6.07) is 7.27. The lowest BCUT2D eigenvalue weighted by Gasteiger charge is -2.21. The minimum atomic E-state index is -0.314. The largest absolute Gasteiger partial charge is 0.296 e. The molecule has 2 nitrogen and oxygen atoms in total. The van der Waals surface area contributed by atoms with Crippen molar-refractivity contribution in [1.29, 1.82) is 5.26 Å². The minimum absolute atomic E-state index is 0.314. The fourth-order valence-corrected chi connectivity index (χ4v) is 2.16. The first-order valence-electron chi connectivity index (χ1n) is 6.16. The van der Waals surface area contributed by atoms with Crippen molar-refractivity contribution in [1.82, 2.24) is 4.90 Å². The Morgan fingerprint density at radius 1 is 1.41 bits per heavy atom. The summed E-state index contributed by atoms with van der Waals surface area (Å²) in [6.45, 7) is 3.95. The lowest BCUT2D eigenvalue weighted by Crippen LogP contribution is -2.26. The summed E-state index contributed by atoms with van der Waals surface area (Å²) in [6.07, 6.45) is 3.61. The van der Waals surface area contributed by atoms with Crippen LogP contribution in [0, 0.1) is 17.1 Å². The first-order valence-corrected chi connectivity index (χ1v) is 6.16. The van der Waals surface area contributed by atoms with E-state index in [0.717, 1.165) is 25.1 Å². The van der Waals surface area contributed by atoms with Gasteiger partial charge in [0.1, 0.15) is 5.82 Å². The number of halogens is 1. The van der Waals surface area contributed by atoms with Gasteiger partial charge in [-0.2, -0.15) is 5.26 Å². The van der Waals surface area contributed by atoms with Crippen LogP contribution < -0.4 is 0 Å². The lowest BCUT2D eigenvalue weighted by molar-refractivity contribution is 0.255. The summed E-state index contributed by atoms with van der Waals surface area (Å²) in [5.41, 5.74) is 1.31. The van der Waals surface area contributed by atoms with E-state index >= 15 is 0 Å². The van der Waals surface area contributed by atoms with E-state index in [1.807, 2.05) is 6.07 Å². The van der Waals surface area contributed by atoms with Crippen LogP contribution in [0.1, 0.15) is 37.3 Å². The fraction of sp³-hybridized carbons (Fsp3) is 0.500. The van der Waals surface area contributed by atoms with Gasteiger partial charge in [-0.25, -0.2) is 4.39 Å². The van der Waals surface area contributed by atoms with Crippen molar-refractivity contribution >= 4 is 0 Å². The first-order chi connectivity index (χ1) is 8.22. The number of benzene rings is 1. The highest BCUT2D eigenvalue weighted by Gasteiger charge is 2.28. The quantitative estimate of drug-likeness (QED) is 0.780. The normalized spacial score (nSPS) is 14.9. The number of hydrogen-bond donors (Lipinski definition) is 0. The Kier molecular flexibility index (Phi) is 3.75. The van der Waals surface area contributed by atoms with Crippen molar-refractivity contribution in [3.8, 4) is 6.07 Å². The Morgan fingerprint density at radius 2 is 2.18 bits per heavy atom. The van der Waals surface area contributed by atoms with E-state index in [9.17, 15) is 4.39 Å². The van der Waals surface area contributed by atoms with Crippen LogP contribution in [0.3, 0.4) is 0 Å². The zero-order valence-electron chi connectivity index (χ0n) is 10.1. The van der Waals surface area contributed by atoms with Gasteiger partial charge in [0.05, 0.1) is 11.6 Å². The zero-order valence-corrected chi connectivity index (χ0v) is 10.1. The second kappa shape index (κ2) is 5.29. The van der Waals surface area contributed by atoms with Crippen LogP contribution in [-0.2, 0) is 6.54 Å². The van der Waals surface area contributed by atoms with Crippen molar-refractivity contribution in [2.75, 3.05) is 6.54 Å². The number of rotatable bonds is 5. The summed E-state index contributed by atoms with van der Waals surface area (Å²) in [5, 5.41) is 8.82. The molecule has 0 atom stereocenters. The van der Waals surface area contributed by atoms with Crippen LogP contribution in [0.15, 0.2) is 18.2 Å². The van der Waals surface area contributed by atoms with Crippen LogP contribution in [0.4, 0.5) is 4.39 Å². The van der Waals surface area contributed by atoms with Gasteiger partial charge in [-0.05, 0) is 49.6 Å². The Labute approximate surface area is 102 Å². The SMILES string of the molecule is CCCN(Cc1cc(F)cc(C#N)c1)C1CC1. The van der Waals surface area contributed by atoms with E-state index in [1.54, 1.807) is 6.07 Å². The van der Waals surface area contributed by atoms with Gasteiger partial charge in [0, 0.05) is 12.6 Å². The van der Waals surface area contributed by atoms with Crippen LogP contribution in [-0.4, -0.2) is 17.5 Å². The summed E-state index contributed by atoms with van der Waals surface area (Å²) in [4.78, 5) is 2.38. The molecule has 0 N–H and O–H groups in total. The molecule has 0 radical (unpaired) electrons. The molecule has 0 aromatic heterocycles. The van der Waals surface area contributed by atoms with E-state index in [4.69, 9.17) is 5.26 Å². The molecule has 3 heteroatoms. The maximum atomic E-state index is 13.3. The van der Waals surface area contributed by atoms with Crippen molar-refractivity contribution < 1.29 is 4.39 Å². The molecule has 1 aromatic carbocycles. The van der Waals surface area contributed by atoms with Gasteiger partial charge in [0.25, 0.3) is 0 Å². The Hall–Kier alpha value is -1.40. The molecule has 0 saturated heterocycles. The third-order valence-corrected chi connectivity index (χ3v) is 3.05. The van der Waals surface area contributed by atoms with Crippen LogP contribution in [0.2, 0.25) is 0 Å². The van der Waals surface area contributed by atoms with E-state index in [2.05, 4.69) is 11.8 Å². The molecule has 1 aromatic rings. The summed E-state index contributed by atoms with van der Waals surface area (Å²) in [7, 11) is 0. The number of nitriles is 1. The Balaban J connectivity index is 2.10. The number of hydrogen-bond acceptors (Lipinski definition) is 2. The zero-order chi connectivity index (χ0) is 12.3. The van der Waals surface area contributed by atoms with E-state index in [1.165, 1.54) is 25.0 Å². The van der Waals surface area contributed by atoms with Gasteiger partial charge in [-0.1, -0.05) is 6.92 Å². The van der Waals surface area contributed by atoms with Crippen LogP contribution in [0.25, 0.3) is 0 Å². The van der Waals surface area contributed by atoms with E-state index < -0.39 is 0 Å². The predicted molar refractivity (Wildman–Crippen MR) is 64.8 cm³/mol. The molecule has 0 unspecified atom stereocenters. The molecule has 0 heterocycles. The van der Waals surface area contributed by atoms with Gasteiger partial charge in [-0.3, -0.25) is 4.90 Å². The molecule has 0 bridgehead atoms. The Morgan fingerprint density at radius 3 is 2.76 bits per heavy atom. The molecular formula is C14H17FN2. The average Bonchev–Trinajstić information content (AvgIpc) is 3.11. The first kappa shape index (κ1) is 12.1. The topological polar surface area (TPSA) is 27.0 Å². The smallest absolute Gasteiger partial charge is 0.124 e. The van der Waals surface area contributed by atoms with Crippen LogP contribution >= 0.6 is 0 Å². The molecule has 1 saturated carbocycles. The predicted octanol–water partition coefficient (Wildman–Crippen LogP) is 3.07. The van der Waals surface area contributed by atoms with Crippen molar-refractivity contribution in [3.05, 3.63) is 35.1 Å². The summed E-state index contributed by atoms with van der Waals surface area (Å²) >= 11 is 0. The molecule has 1 fully saturated rings. The highest BCUT2D eigenvalue weighted by atomic mass is 19.1. The second-order valence-corrected chi connectivity index (χ2v) is 4.66. The average molecular weight is 232 g/mol. The van der Waals surface area contributed by atoms with Gasteiger partial charge in [-0.15, -0.1) is 0 Å². The van der Waals surface area contributed by atoms with Gasteiger partial charge >= 0.3 is 0 Å².